The predicted molar refractivity (Wildman–Crippen MR) is 98.3 cm³/mol. The molecular formula is C18H27N3O2S. The van der Waals surface area contributed by atoms with Crippen LogP contribution in [0.3, 0.4) is 0 Å². The van der Waals surface area contributed by atoms with E-state index in [0.717, 1.165) is 12.8 Å². The third-order valence-corrected chi connectivity index (χ3v) is 6.45. The van der Waals surface area contributed by atoms with Gasteiger partial charge in [-0.1, -0.05) is 19.1 Å². The van der Waals surface area contributed by atoms with Crippen LogP contribution in [-0.4, -0.2) is 36.9 Å². The second kappa shape index (κ2) is 6.86. The second-order valence-electron chi connectivity index (χ2n) is 7.04. The Labute approximate surface area is 144 Å². The summed E-state index contributed by atoms with van der Waals surface area (Å²) in [6, 6.07) is 6.39. The van der Waals surface area contributed by atoms with Crippen molar-refractivity contribution in [1.82, 2.24) is 13.6 Å². The van der Waals surface area contributed by atoms with Crippen molar-refractivity contribution >= 4 is 21.1 Å². The lowest BCUT2D eigenvalue weighted by Crippen LogP contribution is -2.46. The Bertz CT molecular complexity index is 826. The minimum atomic E-state index is -3.36. The predicted octanol–water partition coefficient (Wildman–Crippen LogP) is 2.60. The van der Waals surface area contributed by atoms with Crippen LogP contribution < -0.4 is 4.72 Å². The van der Waals surface area contributed by atoms with Gasteiger partial charge in [-0.05, 0) is 49.3 Å². The highest BCUT2D eigenvalue weighted by molar-refractivity contribution is 7.87. The third-order valence-electron chi connectivity index (χ3n) is 4.87. The summed E-state index contributed by atoms with van der Waals surface area (Å²) in [5, 5.41) is 1.20. The van der Waals surface area contributed by atoms with Crippen LogP contribution in [0.5, 0.6) is 0 Å². The quantitative estimate of drug-likeness (QED) is 0.902. The van der Waals surface area contributed by atoms with Crippen LogP contribution in [0.1, 0.15) is 30.9 Å². The first-order chi connectivity index (χ1) is 11.4. The number of fused-ring (bicyclic) bond motifs is 1. The maximum atomic E-state index is 12.4. The van der Waals surface area contributed by atoms with Gasteiger partial charge in [-0.2, -0.15) is 12.7 Å². The fourth-order valence-corrected chi connectivity index (χ4v) is 4.91. The number of aryl methyl sites for hydroxylation is 2. The van der Waals surface area contributed by atoms with E-state index in [9.17, 15) is 8.42 Å². The molecule has 1 saturated heterocycles. The molecule has 1 aromatic carbocycles. The lowest BCUT2D eigenvalue weighted by molar-refractivity contribution is 0.278. The van der Waals surface area contributed by atoms with Crippen molar-refractivity contribution in [1.29, 1.82) is 0 Å². The normalized spacial score (nSPS) is 19.9. The van der Waals surface area contributed by atoms with E-state index in [2.05, 4.69) is 47.5 Å². The molecule has 1 N–H and O–H groups in total. The van der Waals surface area contributed by atoms with Crippen molar-refractivity contribution < 1.29 is 8.42 Å². The van der Waals surface area contributed by atoms with Crippen molar-refractivity contribution in [3.05, 3.63) is 35.5 Å². The highest BCUT2D eigenvalue weighted by Gasteiger charge is 2.26. The molecule has 132 valence electrons. The molecule has 24 heavy (non-hydrogen) atoms. The Morgan fingerprint density at radius 2 is 2.12 bits per heavy atom. The molecule has 1 aromatic heterocycles. The van der Waals surface area contributed by atoms with Crippen LogP contribution in [0.2, 0.25) is 0 Å². The van der Waals surface area contributed by atoms with Crippen LogP contribution in [0, 0.1) is 12.8 Å². The van der Waals surface area contributed by atoms with Gasteiger partial charge in [0.2, 0.25) is 0 Å². The van der Waals surface area contributed by atoms with E-state index < -0.39 is 10.2 Å². The van der Waals surface area contributed by atoms with Crippen LogP contribution >= 0.6 is 0 Å². The Morgan fingerprint density at radius 1 is 1.33 bits per heavy atom. The first-order valence-corrected chi connectivity index (χ1v) is 10.1. The second-order valence-corrected chi connectivity index (χ2v) is 8.80. The van der Waals surface area contributed by atoms with Crippen molar-refractivity contribution in [3.8, 4) is 0 Å². The molecule has 0 spiro atoms. The number of hydrogen-bond donors (Lipinski definition) is 1. The minimum absolute atomic E-state index is 0.431. The topological polar surface area (TPSA) is 54.3 Å². The lowest BCUT2D eigenvalue weighted by atomic mass is 10.0. The molecule has 1 unspecified atom stereocenters. The summed E-state index contributed by atoms with van der Waals surface area (Å²) in [7, 11) is -1.33. The van der Waals surface area contributed by atoms with Crippen LogP contribution in [0.15, 0.2) is 24.4 Å². The average molecular weight is 350 g/mol. The fraction of sp³-hybridized carbons (Fsp3) is 0.556. The van der Waals surface area contributed by atoms with Crippen LogP contribution in [0.25, 0.3) is 10.9 Å². The molecule has 1 aliphatic heterocycles. The molecule has 2 heterocycles. The highest BCUT2D eigenvalue weighted by atomic mass is 32.2. The summed E-state index contributed by atoms with van der Waals surface area (Å²) in [6.45, 7) is 5.88. The minimum Gasteiger partial charge on any atom is -0.350 e. The molecule has 6 heteroatoms. The molecule has 0 radical (unpaired) electrons. The zero-order chi connectivity index (χ0) is 17.3. The molecule has 0 bridgehead atoms. The van der Waals surface area contributed by atoms with E-state index in [4.69, 9.17) is 0 Å². The van der Waals surface area contributed by atoms with E-state index >= 15 is 0 Å². The average Bonchev–Trinajstić information content (AvgIpc) is 2.83. The Morgan fingerprint density at radius 3 is 2.88 bits per heavy atom. The molecule has 3 rings (SSSR count). The van der Waals surface area contributed by atoms with Crippen molar-refractivity contribution in [2.24, 2.45) is 13.0 Å². The molecular weight excluding hydrogens is 322 g/mol. The van der Waals surface area contributed by atoms with Gasteiger partial charge >= 0.3 is 0 Å². The van der Waals surface area contributed by atoms with Crippen LogP contribution in [0.4, 0.5) is 0 Å². The SMILES string of the molecule is Cc1ccc2c(CCNS(=O)(=O)N3CCCC(C)C3)cn(C)c2c1. The molecule has 5 nitrogen and oxygen atoms in total. The lowest BCUT2D eigenvalue weighted by Gasteiger charge is -2.29. The number of rotatable bonds is 5. The number of benzene rings is 1. The van der Waals surface area contributed by atoms with Gasteiger partial charge in [0, 0.05) is 43.8 Å². The Balaban J connectivity index is 1.66. The summed E-state index contributed by atoms with van der Waals surface area (Å²) < 4.78 is 31.4. The Kier molecular flexibility index (Phi) is 4.99. The monoisotopic (exact) mass is 349 g/mol. The van der Waals surface area contributed by atoms with Crippen LogP contribution in [-0.2, 0) is 23.7 Å². The van der Waals surface area contributed by atoms with Gasteiger partial charge in [-0.15, -0.1) is 0 Å². The fourth-order valence-electron chi connectivity index (χ4n) is 3.55. The molecule has 1 atom stereocenters. The maximum Gasteiger partial charge on any atom is 0.279 e. The zero-order valence-corrected chi connectivity index (χ0v) is 15.6. The van der Waals surface area contributed by atoms with Gasteiger partial charge in [0.25, 0.3) is 10.2 Å². The number of nitrogens with one attached hydrogen (secondary N) is 1. The molecule has 0 saturated carbocycles. The Hall–Kier alpha value is -1.37. The largest absolute Gasteiger partial charge is 0.350 e. The molecule has 2 aromatic rings. The zero-order valence-electron chi connectivity index (χ0n) is 14.7. The van der Waals surface area contributed by atoms with Gasteiger partial charge in [-0.3, -0.25) is 0 Å². The highest BCUT2D eigenvalue weighted by Crippen LogP contribution is 2.22. The van der Waals surface area contributed by atoms with E-state index in [-0.39, 0.29) is 0 Å². The van der Waals surface area contributed by atoms with E-state index in [1.54, 1.807) is 4.31 Å². The third kappa shape index (κ3) is 3.66. The van der Waals surface area contributed by atoms with Crippen molar-refractivity contribution in [2.75, 3.05) is 19.6 Å². The molecule has 1 aliphatic rings. The van der Waals surface area contributed by atoms with E-state index in [1.165, 1.54) is 22.0 Å². The summed E-state index contributed by atoms with van der Waals surface area (Å²) in [6.07, 6.45) is 4.86. The number of aromatic nitrogens is 1. The van der Waals surface area contributed by atoms with E-state index in [0.29, 0.717) is 32.0 Å². The van der Waals surface area contributed by atoms with Gasteiger partial charge in [0.1, 0.15) is 0 Å². The summed E-state index contributed by atoms with van der Waals surface area (Å²) in [5.74, 6) is 0.441. The van der Waals surface area contributed by atoms with E-state index in [1.807, 2.05) is 7.05 Å². The summed E-state index contributed by atoms with van der Waals surface area (Å²) >= 11 is 0. The number of nitrogens with zero attached hydrogens (tertiary/aromatic N) is 2. The number of piperidine rings is 1. The molecule has 0 aliphatic carbocycles. The maximum absolute atomic E-state index is 12.4. The standard InChI is InChI=1S/C18H27N3O2S/c1-14-6-7-17-16(13-20(3)18(17)11-14)8-9-19-24(22,23)21-10-4-5-15(2)12-21/h6-7,11,13,15,19H,4-5,8-10,12H2,1-3H3. The molecule has 1 fully saturated rings. The smallest absolute Gasteiger partial charge is 0.279 e. The van der Waals surface area contributed by atoms with Gasteiger partial charge in [0.15, 0.2) is 0 Å². The molecule has 0 amide bonds. The van der Waals surface area contributed by atoms with Gasteiger partial charge in [-0.25, -0.2) is 4.72 Å². The number of hydrogen-bond acceptors (Lipinski definition) is 2. The summed E-state index contributed by atoms with van der Waals surface area (Å²) in [5.41, 5.74) is 3.61. The van der Waals surface area contributed by atoms with Crippen molar-refractivity contribution in [2.45, 2.75) is 33.1 Å². The van der Waals surface area contributed by atoms with Crippen molar-refractivity contribution in [3.63, 3.8) is 0 Å². The van der Waals surface area contributed by atoms with Gasteiger partial charge in [0.05, 0.1) is 0 Å². The first kappa shape index (κ1) is 17.5. The van der Waals surface area contributed by atoms with Gasteiger partial charge < -0.3 is 4.57 Å². The first-order valence-electron chi connectivity index (χ1n) is 8.66. The summed E-state index contributed by atoms with van der Waals surface area (Å²) in [4.78, 5) is 0.